The smallest absolute Gasteiger partial charge is 0.0738 e. The Hall–Kier alpha value is -0.350. The van der Waals surface area contributed by atoms with Gasteiger partial charge in [-0.1, -0.05) is 13.3 Å². The lowest BCUT2D eigenvalue weighted by Gasteiger charge is -2.35. The van der Waals surface area contributed by atoms with Crippen LogP contribution in [0.25, 0.3) is 0 Å². The number of hydrogen-bond acceptors (Lipinski definition) is 2. The first-order valence-corrected chi connectivity index (χ1v) is 8.72. The molecule has 1 aromatic heterocycles. The summed E-state index contributed by atoms with van der Waals surface area (Å²) in [5, 5.41) is 8.02. The third-order valence-corrected chi connectivity index (χ3v) is 5.81. The second-order valence-corrected chi connectivity index (χ2v) is 7.16. The van der Waals surface area contributed by atoms with Gasteiger partial charge in [-0.05, 0) is 80.4 Å². The van der Waals surface area contributed by atoms with Crippen molar-refractivity contribution in [2.24, 2.45) is 17.8 Å². The van der Waals surface area contributed by atoms with E-state index in [1.807, 2.05) is 0 Å². The van der Waals surface area contributed by atoms with Crippen LogP contribution in [0.15, 0.2) is 4.47 Å². The first kappa shape index (κ1) is 16.0. The zero-order valence-electron chi connectivity index (χ0n) is 13.2. The molecular formula is C16H28BrN3. The average molecular weight is 342 g/mol. The number of aromatic nitrogens is 2. The predicted molar refractivity (Wildman–Crippen MR) is 88.0 cm³/mol. The van der Waals surface area contributed by atoms with E-state index in [1.54, 1.807) is 0 Å². The van der Waals surface area contributed by atoms with Gasteiger partial charge in [-0.2, -0.15) is 5.10 Å². The first-order valence-electron chi connectivity index (χ1n) is 7.93. The molecule has 1 saturated carbocycles. The summed E-state index contributed by atoms with van der Waals surface area (Å²) in [7, 11) is 2.07. The highest BCUT2D eigenvalue weighted by Crippen LogP contribution is 2.37. The maximum Gasteiger partial charge on any atom is 0.0738 e. The van der Waals surface area contributed by atoms with Crippen LogP contribution in [-0.4, -0.2) is 23.4 Å². The van der Waals surface area contributed by atoms with Crippen LogP contribution in [0.2, 0.25) is 0 Å². The van der Waals surface area contributed by atoms with Gasteiger partial charge < -0.3 is 5.32 Å². The van der Waals surface area contributed by atoms with Crippen LogP contribution in [0.1, 0.15) is 44.5 Å². The van der Waals surface area contributed by atoms with E-state index < -0.39 is 0 Å². The van der Waals surface area contributed by atoms with E-state index in [0.29, 0.717) is 0 Å². The quantitative estimate of drug-likeness (QED) is 0.882. The molecule has 0 radical (unpaired) electrons. The molecule has 3 atom stereocenters. The van der Waals surface area contributed by atoms with E-state index in [9.17, 15) is 0 Å². The number of nitrogens with one attached hydrogen (secondary N) is 1. The van der Waals surface area contributed by atoms with Crippen molar-refractivity contribution < 1.29 is 0 Å². The summed E-state index contributed by atoms with van der Waals surface area (Å²) in [4.78, 5) is 0. The van der Waals surface area contributed by atoms with Gasteiger partial charge in [-0.25, -0.2) is 0 Å². The van der Waals surface area contributed by atoms with Crippen molar-refractivity contribution in [1.29, 1.82) is 0 Å². The lowest BCUT2D eigenvalue weighted by atomic mass is 9.72. The minimum Gasteiger partial charge on any atom is -0.319 e. The zero-order valence-corrected chi connectivity index (χ0v) is 14.8. The van der Waals surface area contributed by atoms with Gasteiger partial charge in [0.2, 0.25) is 0 Å². The summed E-state index contributed by atoms with van der Waals surface area (Å²) in [6, 6.07) is 0. The Labute approximate surface area is 131 Å². The van der Waals surface area contributed by atoms with Crippen LogP contribution in [0, 0.1) is 24.7 Å². The normalized spacial score (nSPS) is 26.9. The maximum atomic E-state index is 4.64. The van der Waals surface area contributed by atoms with Crippen molar-refractivity contribution in [2.45, 2.75) is 53.0 Å². The van der Waals surface area contributed by atoms with E-state index in [2.05, 4.69) is 58.8 Å². The molecule has 114 valence electrons. The van der Waals surface area contributed by atoms with Crippen molar-refractivity contribution in [3.8, 4) is 0 Å². The fourth-order valence-electron chi connectivity index (χ4n) is 3.65. The molecule has 2 rings (SSSR count). The van der Waals surface area contributed by atoms with Gasteiger partial charge in [0.25, 0.3) is 0 Å². The predicted octanol–water partition coefficient (Wildman–Crippen LogP) is 3.79. The Morgan fingerprint density at radius 1 is 1.35 bits per heavy atom. The summed E-state index contributed by atoms with van der Waals surface area (Å²) >= 11 is 3.74. The van der Waals surface area contributed by atoms with Gasteiger partial charge >= 0.3 is 0 Å². The van der Waals surface area contributed by atoms with E-state index in [1.165, 1.54) is 29.4 Å². The fourth-order valence-corrected chi connectivity index (χ4v) is 4.10. The number of hydrogen-bond donors (Lipinski definition) is 1. The summed E-state index contributed by atoms with van der Waals surface area (Å²) in [6.07, 6.45) is 5.26. The SMILES string of the molecule is CCn1nc(C)c(Br)c1CC1CC(C)CCC1CNC. The third kappa shape index (κ3) is 3.45. The maximum absolute atomic E-state index is 4.64. The molecule has 20 heavy (non-hydrogen) atoms. The van der Waals surface area contributed by atoms with Crippen LogP contribution in [0.5, 0.6) is 0 Å². The number of nitrogens with zero attached hydrogens (tertiary/aromatic N) is 2. The van der Waals surface area contributed by atoms with Gasteiger partial charge in [0.05, 0.1) is 15.9 Å². The summed E-state index contributed by atoms with van der Waals surface area (Å²) in [5.74, 6) is 2.46. The van der Waals surface area contributed by atoms with Crippen LogP contribution in [-0.2, 0) is 13.0 Å². The minimum atomic E-state index is 0.781. The van der Waals surface area contributed by atoms with Gasteiger partial charge in [-0.3, -0.25) is 4.68 Å². The van der Waals surface area contributed by atoms with Crippen LogP contribution < -0.4 is 5.32 Å². The van der Waals surface area contributed by atoms with Crippen molar-refractivity contribution in [3.63, 3.8) is 0 Å². The van der Waals surface area contributed by atoms with Crippen LogP contribution in [0.3, 0.4) is 0 Å². The lowest BCUT2D eigenvalue weighted by Crippen LogP contribution is -2.33. The Morgan fingerprint density at radius 2 is 2.10 bits per heavy atom. The minimum absolute atomic E-state index is 0.781. The fraction of sp³-hybridized carbons (Fsp3) is 0.812. The molecule has 4 heteroatoms. The Kier molecular flexibility index (Phi) is 5.67. The van der Waals surface area contributed by atoms with Crippen molar-refractivity contribution in [2.75, 3.05) is 13.6 Å². The first-order chi connectivity index (χ1) is 9.56. The standard InChI is InChI=1S/C16H28BrN3/c1-5-20-15(16(17)12(3)19-20)9-14-8-11(2)6-7-13(14)10-18-4/h11,13-14,18H,5-10H2,1-4H3. The number of halogens is 1. The van der Waals surface area contributed by atoms with Crippen molar-refractivity contribution in [1.82, 2.24) is 15.1 Å². The molecule has 1 fully saturated rings. The molecule has 3 nitrogen and oxygen atoms in total. The molecule has 1 aromatic rings. The monoisotopic (exact) mass is 341 g/mol. The van der Waals surface area contributed by atoms with Gasteiger partial charge in [0, 0.05) is 6.54 Å². The Bertz CT molecular complexity index is 441. The molecule has 0 spiro atoms. The molecule has 0 aliphatic heterocycles. The number of aryl methyl sites for hydroxylation is 2. The molecule has 1 N–H and O–H groups in total. The molecule has 1 aliphatic rings. The molecule has 3 unspecified atom stereocenters. The summed E-state index contributed by atoms with van der Waals surface area (Å²) < 4.78 is 3.40. The van der Waals surface area contributed by atoms with E-state index >= 15 is 0 Å². The summed E-state index contributed by atoms with van der Waals surface area (Å²) in [5.41, 5.74) is 2.51. The molecule has 0 aromatic carbocycles. The molecule has 1 heterocycles. The second kappa shape index (κ2) is 7.08. The highest BCUT2D eigenvalue weighted by atomic mass is 79.9. The molecular weight excluding hydrogens is 314 g/mol. The highest BCUT2D eigenvalue weighted by molar-refractivity contribution is 9.10. The molecule has 1 aliphatic carbocycles. The Morgan fingerprint density at radius 3 is 2.75 bits per heavy atom. The van der Waals surface area contributed by atoms with E-state index in [4.69, 9.17) is 0 Å². The molecule has 0 bridgehead atoms. The van der Waals surface area contributed by atoms with E-state index in [0.717, 1.165) is 43.0 Å². The van der Waals surface area contributed by atoms with E-state index in [-0.39, 0.29) is 0 Å². The molecule has 0 amide bonds. The van der Waals surface area contributed by atoms with Crippen LogP contribution in [0.4, 0.5) is 0 Å². The highest BCUT2D eigenvalue weighted by Gasteiger charge is 2.30. The van der Waals surface area contributed by atoms with Crippen LogP contribution >= 0.6 is 15.9 Å². The average Bonchev–Trinajstić information content (AvgIpc) is 2.69. The van der Waals surface area contributed by atoms with Gasteiger partial charge in [0.1, 0.15) is 0 Å². The topological polar surface area (TPSA) is 29.9 Å². The molecule has 0 saturated heterocycles. The third-order valence-electron chi connectivity index (χ3n) is 4.78. The second-order valence-electron chi connectivity index (χ2n) is 6.36. The Balaban J connectivity index is 2.17. The van der Waals surface area contributed by atoms with Gasteiger partial charge in [0.15, 0.2) is 0 Å². The number of rotatable bonds is 5. The van der Waals surface area contributed by atoms with Crippen molar-refractivity contribution >= 4 is 15.9 Å². The largest absolute Gasteiger partial charge is 0.319 e. The summed E-state index contributed by atoms with van der Waals surface area (Å²) in [6.45, 7) is 8.78. The van der Waals surface area contributed by atoms with Gasteiger partial charge in [-0.15, -0.1) is 0 Å². The lowest BCUT2D eigenvalue weighted by molar-refractivity contribution is 0.183. The van der Waals surface area contributed by atoms with Crippen molar-refractivity contribution in [3.05, 3.63) is 15.9 Å². The zero-order chi connectivity index (χ0) is 14.7.